The van der Waals surface area contributed by atoms with Crippen molar-refractivity contribution in [1.29, 1.82) is 0 Å². The molecule has 0 aromatic carbocycles. The first-order valence-corrected chi connectivity index (χ1v) is 7.81. The highest BCUT2D eigenvalue weighted by Crippen LogP contribution is 2.40. The molecule has 2 rings (SSSR count). The molecule has 1 aromatic rings. The lowest BCUT2D eigenvalue weighted by Gasteiger charge is -2.33. The Balaban J connectivity index is 2.24. The Hall–Kier alpha value is -0.750. The normalized spacial score (nSPS) is 19.4. The summed E-state index contributed by atoms with van der Waals surface area (Å²) in [6.07, 6.45) is 3.08. The van der Waals surface area contributed by atoms with Crippen molar-refractivity contribution in [3.63, 3.8) is 0 Å². The Kier molecular flexibility index (Phi) is 4.11. The summed E-state index contributed by atoms with van der Waals surface area (Å²) in [4.78, 5) is 11.8. The van der Waals surface area contributed by atoms with Crippen LogP contribution in [0.1, 0.15) is 53.0 Å². The molecule has 0 saturated heterocycles. The molecular formula is C13H24N4OS. The molecular weight excluding hydrogens is 260 g/mol. The second kappa shape index (κ2) is 5.32. The standard InChI is InChI=1S/C13H24N4OS/c1-5-9(14)10(13(2,3)4)19-12-16-15-11(18)17(12)8-6-7-8/h8-10H,5-7,14H2,1-4H3,(H,15,18). The van der Waals surface area contributed by atoms with E-state index in [0.717, 1.165) is 24.4 Å². The molecule has 2 unspecified atom stereocenters. The Bertz CT molecular complexity index is 484. The van der Waals surface area contributed by atoms with Gasteiger partial charge in [-0.05, 0) is 24.7 Å². The maximum Gasteiger partial charge on any atom is 0.344 e. The lowest BCUT2D eigenvalue weighted by atomic mass is 9.87. The Morgan fingerprint density at radius 3 is 2.63 bits per heavy atom. The highest BCUT2D eigenvalue weighted by Gasteiger charge is 2.34. The molecule has 0 spiro atoms. The Morgan fingerprint density at radius 1 is 1.53 bits per heavy atom. The van der Waals surface area contributed by atoms with Crippen LogP contribution >= 0.6 is 11.8 Å². The lowest BCUT2D eigenvalue weighted by Crippen LogP contribution is -2.41. The average Bonchev–Trinajstić information content (AvgIpc) is 3.08. The van der Waals surface area contributed by atoms with Crippen molar-refractivity contribution < 1.29 is 0 Å². The van der Waals surface area contributed by atoms with Crippen LogP contribution in [-0.2, 0) is 0 Å². The van der Waals surface area contributed by atoms with E-state index in [2.05, 4.69) is 37.9 Å². The topological polar surface area (TPSA) is 76.7 Å². The van der Waals surface area contributed by atoms with Gasteiger partial charge >= 0.3 is 5.69 Å². The molecule has 3 N–H and O–H groups in total. The van der Waals surface area contributed by atoms with Gasteiger partial charge in [-0.1, -0.05) is 39.5 Å². The van der Waals surface area contributed by atoms with Gasteiger partial charge in [0, 0.05) is 17.3 Å². The average molecular weight is 284 g/mol. The minimum Gasteiger partial charge on any atom is -0.327 e. The molecule has 1 aromatic heterocycles. The molecule has 0 amide bonds. The van der Waals surface area contributed by atoms with Crippen LogP contribution < -0.4 is 11.4 Å². The van der Waals surface area contributed by atoms with E-state index < -0.39 is 0 Å². The minimum absolute atomic E-state index is 0.0729. The smallest absolute Gasteiger partial charge is 0.327 e. The molecule has 0 radical (unpaired) electrons. The summed E-state index contributed by atoms with van der Waals surface area (Å²) in [5, 5.41) is 7.78. The zero-order valence-electron chi connectivity index (χ0n) is 12.1. The fourth-order valence-corrected chi connectivity index (χ4v) is 3.65. The van der Waals surface area contributed by atoms with Crippen LogP contribution in [0.5, 0.6) is 0 Å². The van der Waals surface area contributed by atoms with Crippen molar-refractivity contribution >= 4 is 11.8 Å². The van der Waals surface area contributed by atoms with Gasteiger partial charge in [0.05, 0.1) is 0 Å². The van der Waals surface area contributed by atoms with Gasteiger partial charge in [0.25, 0.3) is 0 Å². The summed E-state index contributed by atoms with van der Waals surface area (Å²) < 4.78 is 1.80. The molecule has 1 saturated carbocycles. The van der Waals surface area contributed by atoms with Crippen molar-refractivity contribution in [2.24, 2.45) is 11.1 Å². The molecule has 2 atom stereocenters. The van der Waals surface area contributed by atoms with E-state index in [9.17, 15) is 4.79 Å². The van der Waals surface area contributed by atoms with Crippen LogP contribution in [-0.4, -0.2) is 26.1 Å². The van der Waals surface area contributed by atoms with Gasteiger partial charge in [0.15, 0.2) is 5.16 Å². The summed E-state index contributed by atoms with van der Waals surface area (Å²) in [6.45, 7) is 8.66. The third-order valence-corrected chi connectivity index (χ3v) is 5.34. The predicted molar refractivity (Wildman–Crippen MR) is 78.5 cm³/mol. The highest BCUT2D eigenvalue weighted by atomic mass is 32.2. The number of aromatic nitrogens is 3. The van der Waals surface area contributed by atoms with Crippen molar-refractivity contribution in [3.8, 4) is 0 Å². The van der Waals surface area contributed by atoms with E-state index >= 15 is 0 Å². The third kappa shape index (κ3) is 3.23. The number of nitrogens with two attached hydrogens (primary N) is 1. The largest absolute Gasteiger partial charge is 0.344 e. The summed E-state index contributed by atoms with van der Waals surface area (Å²) >= 11 is 1.64. The third-order valence-electron chi connectivity index (χ3n) is 3.53. The highest BCUT2D eigenvalue weighted by molar-refractivity contribution is 7.99. The van der Waals surface area contributed by atoms with Crippen LogP contribution in [0.25, 0.3) is 0 Å². The van der Waals surface area contributed by atoms with Gasteiger partial charge in [-0.3, -0.25) is 4.57 Å². The minimum atomic E-state index is -0.0947. The Morgan fingerprint density at radius 2 is 2.16 bits per heavy atom. The van der Waals surface area contributed by atoms with Gasteiger partial charge in [0.2, 0.25) is 0 Å². The van der Waals surface area contributed by atoms with Crippen LogP contribution in [0.4, 0.5) is 0 Å². The fourth-order valence-electron chi connectivity index (χ4n) is 2.26. The maximum absolute atomic E-state index is 11.8. The molecule has 19 heavy (non-hydrogen) atoms. The predicted octanol–water partition coefficient (Wildman–Crippen LogP) is 2.15. The maximum atomic E-state index is 11.8. The van der Waals surface area contributed by atoms with Crippen LogP contribution in [0.15, 0.2) is 9.95 Å². The van der Waals surface area contributed by atoms with E-state index in [1.807, 2.05) is 0 Å². The van der Waals surface area contributed by atoms with Crippen molar-refractivity contribution in [3.05, 3.63) is 10.5 Å². The molecule has 5 nitrogen and oxygen atoms in total. The van der Waals surface area contributed by atoms with Crippen LogP contribution in [0.2, 0.25) is 0 Å². The second-order valence-corrected chi connectivity index (χ2v) is 7.50. The number of hydrogen-bond acceptors (Lipinski definition) is 4. The number of nitrogens with one attached hydrogen (secondary N) is 1. The zero-order valence-corrected chi connectivity index (χ0v) is 13.0. The van der Waals surface area contributed by atoms with Gasteiger partial charge in [-0.2, -0.15) is 0 Å². The number of hydrogen-bond donors (Lipinski definition) is 2. The summed E-state index contributed by atoms with van der Waals surface area (Å²) in [5.41, 5.74) is 6.23. The number of rotatable bonds is 5. The van der Waals surface area contributed by atoms with Gasteiger partial charge < -0.3 is 5.73 Å². The van der Waals surface area contributed by atoms with E-state index in [1.165, 1.54) is 0 Å². The number of thioether (sulfide) groups is 1. The van der Waals surface area contributed by atoms with Crippen LogP contribution in [0.3, 0.4) is 0 Å². The van der Waals surface area contributed by atoms with E-state index in [1.54, 1.807) is 16.3 Å². The molecule has 0 bridgehead atoms. The van der Waals surface area contributed by atoms with E-state index in [0.29, 0.717) is 6.04 Å². The molecule has 1 heterocycles. The van der Waals surface area contributed by atoms with Crippen molar-refractivity contribution in [1.82, 2.24) is 14.8 Å². The lowest BCUT2D eigenvalue weighted by molar-refractivity contribution is 0.349. The van der Waals surface area contributed by atoms with Crippen molar-refractivity contribution in [2.45, 2.75) is 69.4 Å². The van der Waals surface area contributed by atoms with Gasteiger partial charge in [-0.15, -0.1) is 5.10 Å². The molecule has 0 aliphatic heterocycles. The first kappa shape index (κ1) is 14.7. The Labute approximate surface area is 118 Å². The fraction of sp³-hybridized carbons (Fsp3) is 0.846. The second-order valence-electron chi connectivity index (χ2n) is 6.39. The van der Waals surface area contributed by atoms with Crippen molar-refractivity contribution in [2.75, 3.05) is 0 Å². The molecule has 1 fully saturated rings. The van der Waals surface area contributed by atoms with E-state index in [-0.39, 0.29) is 22.4 Å². The molecule has 1 aliphatic rings. The zero-order chi connectivity index (χ0) is 14.2. The number of aromatic amines is 1. The summed E-state index contributed by atoms with van der Waals surface area (Å²) in [6, 6.07) is 0.441. The van der Waals surface area contributed by atoms with E-state index in [4.69, 9.17) is 5.73 Å². The van der Waals surface area contributed by atoms with Crippen LogP contribution in [0, 0.1) is 5.41 Å². The van der Waals surface area contributed by atoms with Gasteiger partial charge in [-0.25, -0.2) is 9.89 Å². The molecule has 108 valence electrons. The molecule has 6 heteroatoms. The monoisotopic (exact) mass is 284 g/mol. The number of H-pyrrole nitrogens is 1. The molecule has 1 aliphatic carbocycles. The summed E-state index contributed by atoms with van der Waals surface area (Å²) in [5.74, 6) is 0. The summed E-state index contributed by atoms with van der Waals surface area (Å²) in [7, 11) is 0. The first-order valence-electron chi connectivity index (χ1n) is 6.93. The first-order chi connectivity index (χ1) is 8.84. The number of nitrogens with zero attached hydrogens (tertiary/aromatic N) is 2. The van der Waals surface area contributed by atoms with Gasteiger partial charge in [0.1, 0.15) is 0 Å². The SMILES string of the molecule is CCC(N)C(Sc1n[nH]c(=O)n1C1CC1)C(C)(C)C. The quantitative estimate of drug-likeness (QED) is 0.812.